The molecule has 2 N–H and O–H groups in total. The van der Waals surface area contributed by atoms with Gasteiger partial charge >= 0.3 is 6.18 Å². The smallest absolute Gasteiger partial charge is 0.327 e. The Morgan fingerprint density at radius 3 is 2.43 bits per heavy atom. The fourth-order valence-corrected chi connectivity index (χ4v) is 3.21. The summed E-state index contributed by atoms with van der Waals surface area (Å²) < 4.78 is 51.9. The molecule has 5 heteroatoms. The maximum Gasteiger partial charge on any atom is 0.419 e. The molecule has 1 fully saturated rings. The molecule has 118 valence electrons. The highest BCUT2D eigenvalue weighted by molar-refractivity contribution is 5.31. The maximum atomic E-state index is 13.4. The average molecular weight is 303 g/mol. The molecule has 1 aromatic carbocycles. The molecule has 0 spiro atoms. The largest absolute Gasteiger partial charge is 0.419 e. The minimum Gasteiger partial charge on any atom is -0.327 e. The van der Waals surface area contributed by atoms with Crippen LogP contribution in [0.1, 0.15) is 50.2 Å². The maximum absolute atomic E-state index is 13.4. The van der Waals surface area contributed by atoms with Crippen molar-refractivity contribution in [3.8, 4) is 0 Å². The van der Waals surface area contributed by atoms with E-state index in [1.807, 2.05) is 0 Å². The lowest BCUT2D eigenvalue weighted by atomic mass is 9.71. The van der Waals surface area contributed by atoms with E-state index in [2.05, 4.69) is 13.8 Å². The molecule has 3 atom stereocenters. The van der Waals surface area contributed by atoms with E-state index >= 15 is 0 Å². The van der Waals surface area contributed by atoms with E-state index in [9.17, 15) is 17.6 Å². The van der Waals surface area contributed by atoms with E-state index < -0.39 is 17.6 Å². The van der Waals surface area contributed by atoms with Gasteiger partial charge in [-0.3, -0.25) is 0 Å². The molecule has 0 radical (unpaired) electrons. The van der Waals surface area contributed by atoms with Crippen molar-refractivity contribution in [2.45, 2.75) is 51.2 Å². The number of hydrogen-bond acceptors (Lipinski definition) is 1. The van der Waals surface area contributed by atoms with Crippen LogP contribution in [0.4, 0.5) is 17.6 Å². The predicted octanol–water partition coefficient (Wildman–Crippen LogP) is 4.71. The molecule has 1 aromatic rings. The highest BCUT2D eigenvalue weighted by Crippen LogP contribution is 2.40. The zero-order valence-corrected chi connectivity index (χ0v) is 12.3. The summed E-state index contributed by atoms with van der Waals surface area (Å²) in [6.45, 7) is 4.23. The third kappa shape index (κ3) is 3.57. The van der Waals surface area contributed by atoms with Gasteiger partial charge in [0.05, 0.1) is 5.56 Å². The summed E-state index contributed by atoms with van der Waals surface area (Å²) in [5.74, 6) is -0.430. The third-order valence-corrected chi connectivity index (χ3v) is 4.61. The van der Waals surface area contributed by atoms with Crippen LogP contribution in [0.15, 0.2) is 18.2 Å². The van der Waals surface area contributed by atoms with E-state index in [-0.39, 0.29) is 12.0 Å². The molecule has 0 aliphatic heterocycles. The Bertz CT molecular complexity index is 496. The van der Waals surface area contributed by atoms with Crippen LogP contribution < -0.4 is 5.73 Å². The molecule has 1 saturated carbocycles. The van der Waals surface area contributed by atoms with Gasteiger partial charge in [-0.05, 0) is 54.7 Å². The van der Waals surface area contributed by atoms with Crippen molar-refractivity contribution in [3.05, 3.63) is 35.1 Å². The zero-order chi connectivity index (χ0) is 15.8. The van der Waals surface area contributed by atoms with Gasteiger partial charge in [-0.1, -0.05) is 19.9 Å². The van der Waals surface area contributed by atoms with E-state index in [1.165, 1.54) is 6.07 Å². The van der Waals surface area contributed by atoms with Crippen LogP contribution >= 0.6 is 0 Å². The van der Waals surface area contributed by atoms with Crippen molar-refractivity contribution < 1.29 is 17.6 Å². The van der Waals surface area contributed by atoms with E-state index in [0.717, 1.165) is 31.4 Å². The standard InChI is InChI=1S/C16H21F4N/c1-9(2)10-4-6-15(21)12(7-10)11-3-5-14(17)13(8-11)16(18,19)20/h3,5,8-10,12,15H,4,6-7,21H2,1-2H3. The Morgan fingerprint density at radius 1 is 1.19 bits per heavy atom. The van der Waals surface area contributed by atoms with E-state index in [4.69, 9.17) is 5.73 Å². The summed E-state index contributed by atoms with van der Waals surface area (Å²) in [6.07, 6.45) is -2.10. The lowest BCUT2D eigenvalue weighted by molar-refractivity contribution is -0.140. The first-order valence-corrected chi connectivity index (χ1v) is 7.32. The first-order valence-electron chi connectivity index (χ1n) is 7.32. The van der Waals surface area contributed by atoms with Gasteiger partial charge in [-0.2, -0.15) is 13.2 Å². The van der Waals surface area contributed by atoms with Gasteiger partial charge in [0.2, 0.25) is 0 Å². The number of alkyl halides is 3. The van der Waals surface area contributed by atoms with Crippen LogP contribution in [-0.4, -0.2) is 6.04 Å². The van der Waals surface area contributed by atoms with Gasteiger partial charge in [-0.15, -0.1) is 0 Å². The van der Waals surface area contributed by atoms with Crippen LogP contribution in [0, 0.1) is 17.7 Å². The van der Waals surface area contributed by atoms with Crippen molar-refractivity contribution in [1.82, 2.24) is 0 Å². The Hall–Kier alpha value is -1.10. The van der Waals surface area contributed by atoms with Gasteiger partial charge in [0.15, 0.2) is 0 Å². The number of nitrogens with two attached hydrogens (primary N) is 1. The van der Waals surface area contributed by atoms with E-state index in [1.54, 1.807) is 0 Å². The molecule has 1 nitrogen and oxygen atoms in total. The Balaban J connectivity index is 2.32. The minimum absolute atomic E-state index is 0.132. The van der Waals surface area contributed by atoms with Crippen molar-refractivity contribution >= 4 is 0 Å². The van der Waals surface area contributed by atoms with Gasteiger partial charge in [-0.25, -0.2) is 4.39 Å². The van der Waals surface area contributed by atoms with Crippen LogP contribution in [0.5, 0.6) is 0 Å². The summed E-state index contributed by atoms with van der Waals surface area (Å²) >= 11 is 0. The molecule has 0 bridgehead atoms. The molecule has 3 unspecified atom stereocenters. The lowest BCUT2D eigenvalue weighted by Gasteiger charge is -2.36. The van der Waals surface area contributed by atoms with Crippen molar-refractivity contribution in [1.29, 1.82) is 0 Å². The molecular weight excluding hydrogens is 282 g/mol. The monoisotopic (exact) mass is 303 g/mol. The van der Waals surface area contributed by atoms with Gasteiger partial charge in [0.1, 0.15) is 5.82 Å². The molecule has 1 aliphatic carbocycles. The number of hydrogen-bond donors (Lipinski definition) is 1. The highest BCUT2D eigenvalue weighted by atomic mass is 19.4. The lowest BCUT2D eigenvalue weighted by Crippen LogP contribution is -2.36. The van der Waals surface area contributed by atoms with Crippen molar-refractivity contribution in [2.24, 2.45) is 17.6 Å². The van der Waals surface area contributed by atoms with Crippen LogP contribution in [0.25, 0.3) is 0 Å². The van der Waals surface area contributed by atoms with Gasteiger partial charge in [0, 0.05) is 6.04 Å². The number of benzene rings is 1. The second-order valence-corrected chi connectivity index (χ2v) is 6.32. The van der Waals surface area contributed by atoms with Gasteiger partial charge in [0.25, 0.3) is 0 Å². The highest BCUT2D eigenvalue weighted by Gasteiger charge is 2.36. The van der Waals surface area contributed by atoms with Crippen LogP contribution in [0.2, 0.25) is 0 Å². The third-order valence-electron chi connectivity index (χ3n) is 4.61. The molecular formula is C16H21F4N. The quantitative estimate of drug-likeness (QED) is 0.787. The second kappa shape index (κ2) is 5.95. The Labute approximate surface area is 122 Å². The molecule has 2 rings (SSSR count). The molecule has 0 heterocycles. The molecule has 0 aromatic heterocycles. The van der Waals surface area contributed by atoms with Crippen molar-refractivity contribution in [3.63, 3.8) is 0 Å². The SMILES string of the molecule is CC(C)C1CCC(N)C(c2ccc(F)c(C(F)(F)F)c2)C1. The summed E-state index contributed by atoms with van der Waals surface area (Å²) in [5, 5.41) is 0. The molecule has 0 saturated heterocycles. The summed E-state index contributed by atoms with van der Waals surface area (Å²) in [7, 11) is 0. The summed E-state index contributed by atoms with van der Waals surface area (Å²) in [4.78, 5) is 0. The van der Waals surface area contributed by atoms with Crippen LogP contribution in [-0.2, 0) is 6.18 Å². The average Bonchev–Trinajstić information content (AvgIpc) is 2.38. The first-order chi connectivity index (χ1) is 9.70. The Kier molecular flexibility index (Phi) is 4.61. The molecule has 21 heavy (non-hydrogen) atoms. The number of rotatable bonds is 2. The zero-order valence-electron chi connectivity index (χ0n) is 12.3. The van der Waals surface area contributed by atoms with E-state index in [0.29, 0.717) is 17.4 Å². The fourth-order valence-electron chi connectivity index (χ4n) is 3.21. The molecule has 1 aliphatic rings. The van der Waals surface area contributed by atoms with Crippen molar-refractivity contribution in [2.75, 3.05) is 0 Å². The fraction of sp³-hybridized carbons (Fsp3) is 0.625. The van der Waals surface area contributed by atoms with Crippen LogP contribution in [0.3, 0.4) is 0 Å². The topological polar surface area (TPSA) is 26.0 Å². The second-order valence-electron chi connectivity index (χ2n) is 6.32. The van der Waals surface area contributed by atoms with Gasteiger partial charge < -0.3 is 5.73 Å². The Morgan fingerprint density at radius 2 is 1.86 bits per heavy atom. The summed E-state index contributed by atoms with van der Waals surface area (Å²) in [5.41, 5.74) is 5.40. The first kappa shape index (κ1) is 16.3. The number of halogens is 4. The minimum atomic E-state index is -4.67. The normalized spacial score (nSPS) is 27.1. The summed E-state index contributed by atoms with van der Waals surface area (Å²) in [6, 6.07) is 3.12. The molecule has 0 amide bonds. The predicted molar refractivity (Wildman–Crippen MR) is 74.3 cm³/mol.